The van der Waals surface area contributed by atoms with Gasteiger partial charge >= 0.3 is 0 Å². The third-order valence-electron chi connectivity index (χ3n) is 6.11. The highest BCUT2D eigenvalue weighted by Gasteiger charge is 2.51. The van der Waals surface area contributed by atoms with Gasteiger partial charge in [0.1, 0.15) is 11.9 Å². The lowest BCUT2D eigenvalue weighted by Crippen LogP contribution is -2.43. The highest BCUT2D eigenvalue weighted by Crippen LogP contribution is 2.50. The van der Waals surface area contributed by atoms with Gasteiger partial charge in [-0.25, -0.2) is 13.2 Å². The highest BCUT2D eigenvalue weighted by atomic mass is 19.2. The summed E-state index contributed by atoms with van der Waals surface area (Å²) < 4.78 is 46.0. The average molecular weight is 422 g/mol. The fraction of sp³-hybridized carbons (Fsp3) is 0.571. The molecule has 2 heterocycles. The predicted octanol–water partition coefficient (Wildman–Crippen LogP) is 3.62. The molecule has 6 nitrogen and oxygen atoms in total. The summed E-state index contributed by atoms with van der Waals surface area (Å²) in [5, 5.41) is 4.02. The summed E-state index contributed by atoms with van der Waals surface area (Å²) in [5.74, 6) is -2.01. The van der Waals surface area contributed by atoms with Gasteiger partial charge < -0.3 is 15.2 Å². The van der Waals surface area contributed by atoms with Gasteiger partial charge in [-0.2, -0.15) is 4.98 Å². The van der Waals surface area contributed by atoms with Gasteiger partial charge in [-0.15, -0.1) is 0 Å². The SMILES string of the molecule is CC(C)c1noc([C@@H]2C3CC[C@@H](C3)N2C(=O)C[C@H](N)Cc2cc(F)c(F)cc2F)n1. The Labute approximate surface area is 172 Å². The van der Waals surface area contributed by atoms with Gasteiger partial charge in [-0.3, -0.25) is 4.79 Å². The number of hydrogen-bond acceptors (Lipinski definition) is 5. The predicted molar refractivity (Wildman–Crippen MR) is 102 cm³/mol. The number of hydrogen-bond donors (Lipinski definition) is 1. The second-order valence-electron chi connectivity index (χ2n) is 8.64. The van der Waals surface area contributed by atoms with Crippen LogP contribution in [-0.2, 0) is 11.2 Å². The van der Waals surface area contributed by atoms with Crippen molar-refractivity contribution in [3.63, 3.8) is 0 Å². The van der Waals surface area contributed by atoms with Crippen LogP contribution in [0.3, 0.4) is 0 Å². The lowest BCUT2D eigenvalue weighted by atomic mass is 9.97. The largest absolute Gasteiger partial charge is 0.337 e. The van der Waals surface area contributed by atoms with E-state index in [1.807, 2.05) is 13.8 Å². The van der Waals surface area contributed by atoms with E-state index < -0.39 is 23.5 Å². The Morgan fingerprint density at radius 3 is 2.67 bits per heavy atom. The van der Waals surface area contributed by atoms with E-state index in [-0.39, 0.29) is 48.2 Å². The Morgan fingerprint density at radius 1 is 1.23 bits per heavy atom. The van der Waals surface area contributed by atoms with Gasteiger partial charge in [0.2, 0.25) is 11.8 Å². The van der Waals surface area contributed by atoms with E-state index in [1.54, 1.807) is 4.90 Å². The van der Waals surface area contributed by atoms with Crippen LogP contribution in [-0.4, -0.2) is 33.0 Å². The number of nitrogens with two attached hydrogens (primary N) is 1. The summed E-state index contributed by atoms with van der Waals surface area (Å²) >= 11 is 0. The number of carbonyl (C=O) groups excluding carboxylic acids is 1. The number of benzene rings is 1. The van der Waals surface area contributed by atoms with Crippen molar-refractivity contribution in [3.8, 4) is 0 Å². The summed E-state index contributed by atoms with van der Waals surface area (Å²) in [6.45, 7) is 3.93. The Bertz CT molecular complexity index is 948. The lowest BCUT2D eigenvalue weighted by Gasteiger charge is -2.34. The first-order valence-electron chi connectivity index (χ1n) is 10.3. The summed E-state index contributed by atoms with van der Waals surface area (Å²) in [5.41, 5.74) is 6.03. The molecule has 2 fully saturated rings. The molecule has 2 bridgehead atoms. The Kier molecular flexibility index (Phi) is 5.57. The van der Waals surface area contributed by atoms with Gasteiger partial charge in [0.05, 0.1) is 0 Å². The van der Waals surface area contributed by atoms with Gasteiger partial charge in [0.15, 0.2) is 17.5 Å². The van der Waals surface area contributed by atoms with Crippen LogP contribution in [0.1, 0.15) is 68.8 Å². The van der Waals surface area contributed by atoms with E-state index in [9.17, 15) is 18.0 Å². The van der Waals surface area contributed by atoms with E-state index in [4.69, 9.17) is 10.3 Å². The minimum atomic E-state index is -1.25. The molecule has 1 aromatic carbocycles. The maximum Gasteiger partial charge on any atom is 0.249 e. The van der Waals surface area contributed by atoms with Crippen molar-refractivity contribution in [2.45, 2.75) is 70.0 Å². The number of likely N-dealkylation sites (tertiary alicyclic amines) is 1. The first kappa shape index (κ1) is 20.8. The van der Waals surface area contributed by atoms with Crippen LogP contribution in [0.5, 0.6) is 0 Å². The van der Waals surface area contributed by atoms with Crippen LogP contribution in [0.4, 0.5) is 13.2 Å². The van der Waals surface area contributed by atoms with Crippen molar-refractivity contribution < 1.29 is 22.5 Å². The summed E-state index contributed by atoms with van der Waals surface area (Å²) in [6.07, 6.45) is 2.67. The normalized spacial score (nSPS) is 24.1. The molecule has 4 atom stereocenters. The Morgan fingerprint density at radius 2 is 1.97 bits per heavy atom. The van der Waals surface area contributed by atoms with Crippen molar-refractivity contribution in [1.29, 1.82) is 0 Å². The number of aromatic nitrogens is 2. The highest BCUT2D eigenvalue weighted by molar-refractivity contribution is 5.78. The number of carbonyl (C=O) groups is 1. The number of amides is 1. The molecule has 0 radical (unpaired) electrons. The molecule has 2 aromatic rings. The minimum Gasteiger partial charge on any atom is -0.337 e. The van der Waals surface area contributed by atoms with Crippen molar-refractivity contribution in [2.24, 2.45) is 11.7 Å². The molecule has 162 valence electrons. The first-order valence-corrected chi connectivity index (χ1v) is 10.3. The van der Waals surface area contributed by atoms with E-state index in [1.165, 1.54) is 0 Å². The molecule has 4 rings (SSSR count). The van der Waals surface area contributed by atoms with Gasteiger partial charge in [-0.1, -0.05) is 19.0 Å². The third kappa shape index (κ3) is 3.82. The molecule has 9 heteroatoms. The Hall–Kier alpha value is -2.42. The number of fused-ring (bicyclic) bond motifs is 2. The molecule has 0 spiro atoms. The molecule has 1 aromatic heterocycles. The number of piperidine rings is 1. The minimum absolute atomic E-state index is 0.0384. The topological polar surface area (TPSA) is 85.2 Å². The molecular formula is C21H25F3N4O2. The van der Waals surface area contributed by atoms with Crippen LogP contribution in [0.25, 0.3) is 0 Å². The van der Waals surface area contributed by atoms with E-state index in [2.05, 4.69) is 10.1 Å². The van der Waals surface area contributed by atoms with Gasteiger partial charge in [0.25, 0.3) is 0 Å². The third-order valence-corrected chi connectivity index (χ3v) is 6.11. The Balaban J connectivity index is 1.48. The quantitative estimate of drug-likeness (QED) is 0.719. The molecule has 1 aliphatic carbocycles. The van der Waals surface area contributed by atoms with Crippen molar-refractivity contribution in [3.05, 3.63) is 46.9 Å². The van der Waals surface area contributed by atoms with Gasteiger partial charge in [-0.05, 0) is 43.2 Å². The average Bonchev–Trinajstić information content (AvgIpc) is 3.40. The zero-order valence-corrected chi connectivity index (χ0v) is 16.9. The maximum atomic E-state index is 13.9. The lowest BCUT2D eigenvalue weighted by molar-refractivity contribution is -0.136. The van der Waals surface area contributed by atoms with Crippen LogP contribution in [0.15, 0.2) is 16.7 Å². The molecule has 1 amide bonds. The summed E-state index contributed by atoms with van der Waals surface area (Å²) in [6, 6.07) is 0.376. The number of halogens is 3. The van der Waals surface area contributed by atoms with Crippen LogP contribution < -0.4 is 5.73 Å². The molecule has 1 aliphatic heterocycles. The number of rotatable bonds is 6. The van der Waals surface area contributed by atoms with Crippen molar-refractivity contribution >= 4 is 5.91 Å². The molecule has 1 unspecified atom stereocenters. The molecule has 2 aliphatic rings. The standard InChI is InChI=1S/C21H25F3N4O2/c1-10(2)20-26-21(30-27-20)19-11-3-4-14(6-11)28(19)18(29)8-13(25)5-12-7-16(23)17(24)9-15(12)22/h7,9-11,13-14,19H,3-6,8,25H2,1-2H3/t11?,13-,14+,19+/m1/s1. The molecule has 30 heavy (non-hydrogen) atoms. The van der Waals surface area contributed by atoms with Crippen LogP contribution in [0, 0.1) is 23.4 Å². The summed E-state index contributed by atoms with van der Waals surface area (Å²) in [4.78, 5) is 19.4. The van der Waals surface area contributed by atoms with Gasteiger partial charge in [0, 0.05) is 30.5 Å². The second kappa shape index (κ2) is 8.02. The molecule has 1 saturated heterocycles. The van der Waals surface area contributed by atoms with E-state index >= 15 is 0 Å². The van der Waals surface area contributed by atoms with Crippen LogP contribution >= 0.6 is 0 Å². The van der Waals surface area contributed by atoms with Crippen molar-refractivity contribution in [2.75, 3.05) is 0 Å². The maximum absolute atomic E-state index is 13.9. The first-order chi connectivity index (χ1) is 14.2. The molecule has 2 N–H and O–H groups in total. The molecule has 1 saturated carbocycles. The zero-order chi connectivity index (χ0) is 21.6. The number of nitrogens with zero attached hydrogens (tertiary/aromatic N) is 3. The second-order valence-corrected chi connectivity index (χ2v) is 8.64. The fourth-order valence-electron chi connectivity index (χ4n) is 4.67. The summed E-state index contributed by atoms with van der Waals surface area (Å²) in [7, 11) is 0. The van der Waals surface area contributed by atoms with E-state index in [0.29, 0.717) is 17.8 Å². The van der Waals surface area contributed by atoms with E-state index in [0.717, 1.165) is 25.3 Å². The smallest absolute Gasteiger partial charge is 0.249 e. The van der Waals surface area contributed by atoms with Crippen LogP contribution in [0.2, 0.25) is 0 Å². The van der Waals surface area contributed by atoms with Crippen molar-refractivity contribution in [1.82, 2.24) is 15.0 Å². The fourth-order valence-corrected chi connectivity index (χ4v) is 4.67. The monoisotopic (exact) mass is 422 g/mol. The zero-order valence-electron chi connectivity index (χ0n) is 16.9. The molecular weight excluding hydrogens is 397 g/mol.